The number of hydrogen-bond acceptors (Lipinski definition) is 11. The Balaban J connectivity index is 1.52. The zero-order valence-corrected chi connectivity index (χ0v) is 34.8. The fourth-order valence-electron chi connectivity index (χ4n) is 8.98. The van der Waals surface area contributed by atoms with Gasteiger partial charge in [-0.15, -0.1) is 6.58 Å². The van der Waals surface area contributed by atoms with Gasteiger partial charge in [0.05, 0.1) is 23.2 Å². The number of rotatable bonds is 20. The molecule has 6 unspecified atom stereocenters. The highest BCUT2D eigenvalue weighted by Gasteiger charge is 2.65. The average molecular weight is 837 g/mol. The van der Waals surface area contributed by atoms with Crippen molar-refractivity contribution in [1.29, 1.82) is 0 Å². The second kappa shape index (κ2) is 21.1. The number of oxime groups is 1. The molecule has 1 saturated carbocycles. The third kappa shape index (κ3) is 10.4. The molecule has 3 aliphatic rings. The Morgan fingerprint density at radius 2 is 1.79 bits per heavy atom. The van der Waals surface area contributed by atoms with E-state index in [1.54, 1.807) is 48.4 Å². The van der Waals surface area contributed by atoms with E-state index in [2.05, 4.69) is 18.0 Å². The van der Waals surface area contributed by atoms with Crippen LogP contribution in [0.25, 0.3) is 6.08 Å². The number of non-ortho nitro benzene ring substituents is 1. The van der Waals surface area contributed by atoms with Gasteiger partial charge in [-0.05, 0) is 97.6 Å². The van der Waals surface area contributed by atoms with Crippen molar-refractivity contribution in [2.75, 3.05) is 33.4 Å². The number of likely N-dealkylation sites (N-methyl/N-ethyl adjacent to an activating group) is 1. The number of aliphatic hydroxyl groups is 2. The zero-order chi connectivity index (χ0) is 43.4. The van der Waals surface area contributed by atoms with E-state index in [0.717, 1.165) is 42.4 Å². The Morgan fingerprint density at radius 3 is 2.48 bits per heavy atom. The molecule has 6 rings (SSSR count). The summed E-state index contributed by atoms with van der Waals surface area (Å²) in [7, 11) is 1.69. The number of allylic oxidation sites excluding steroid dienone is 1. The maximum absolute atomic E-state index is 14.3. The minimum absolute atomic E-state index is 0.0115. The monoisotopic (exact) mass is 836 g/mol. The van der Waals surface area contributed by atoms with Crippen molar-refractivity contribution in [3.63, 3.8) is 0 Å². The summed E-state index contributed by atoms with van der Waals surface area (Å²) in [5, 5.41) is 38.5. The summed E-state index contributed by atoms with van der Waals surface area (Å²) in [5.74, 6) is -1.87. The molecule has 3 N–H and O–H groups in total. The molecule has 1 heterocycles. The van der Waals surface area contributed by atoms with Crippen LogP contribution in [-0.2, 0) is 21.0 Å². The summed E-state index contributed by atoms with van der Waals surface area (Å²) in [6, 6.07) is 20.2. The van der Waals surface area contributed by atoms with Crippen LogP contribution in [0.15, 0.2) is 108 Å². The van der Waals surface area contributed by atoms with Crippen molar-refractivity contribution >= 4 is 29.5 Å². The van der Waals surface area contributed by atoms with Crippen molar-refractivity contribution in [2.24, 2.45) is 22.9 Å². The number of fused-ring (bicyclic) bond motifs is 2. The van der Waals surface area contributed by atoms with Gasteiger partial charge in [-0.3, -0.25) is 14.9 Å². The number of nitrogens with one attached hydrogen (secondary N) is 1. The lowest BCUT2D eigenvalue weighted by molar-refractivity contribution is -0.384. The van der Waals surface area contributed by atoms with Gasteiger partial charge >= 0.3 is 6.09 Å². The van der Waals surface area contributed by atoms with Crippen LogP contribution in [-0.4, -0.2) is 83.0 Å². The first kappa shape index (κ1) is 44.7. The minimum atomic E-state index is -1.48. The van der Waals surface area contributed by atoms with Crippen molar-refractivity contribution in [3.05, 3.63) is 130 Å². The van der Waals surface area contributed by atoms with E-state index in [1.165, 1.54) is 18.2 Å². The van der Waals surface area contributed by atoms with Gasteiger partial charge in [0.15, 0.2) is 0 Å². The van der Waals surface area contributed by atoms with E-state index in [4.69, 9.17) is 24.2 Å². The number of nitrogens with zero attached hydrogens (tertiary/aromatic N) is 3. The van der Waals surface area contributed by atoms with E-state index < -0.39 is 28.8 Å². The van der Waals surface area contributed by atoms with Crippen LogP contribution < -0.4 is 14.8 Å². The molecule has 14 nitrogen and oxygen atoms in total. The van der Waals surface area contributed by atoms with E-state index in [1.807, 2.05) is 43.3 Å². The number of carbonyl (C=O) groups is 2. The molecular formula is C47H56N4O10. The number of nitro groups is 1. The standard InChI is InChI=1S/C47H56N4O10/c1-4-27-58-47-42(50(3)43(54)24-19-32-17-20-35(21-18-32)51(56)57)30-40(49-59-31-33-13-7-6-8-14-33)38-28-34(15-9-11-25-52)37(16-10-12-26-53)44(45(38)47)39-29-36(22-23-41(39)61-47)60-46(55)48-5-2/h4,6-8,13-14,17-24,28-29,34,37,42,44-45,52-53H,1,5,9-12,15-16,25-27,30-31H2,2-3H3,(H,48,55). The summed E-state index contributed by atoms with van der Waals surface area (Å²) < 4.78 is 19.8. The molecule has 0 bridgehead atoms. The second-order valence-electron chi connectivity index (χ2n) is 15.6. The molecule has 14 heteroatoms. The number of nitro benzene ring substituents is 1. The van der Waals surface area contributed by atoms with Crippen LogP contribution in [0.4, 0.5) is 10.5 Å². The van der Waals surface area contributed by atoms with Crippen LogP contribution in [0.1, 0.15) is 74.5 Å². The van der Waals surface area contributed by atoms with Gasteiger partial charge in [-0.25, -0.2) is 4.79 Å². The molecule has 1 fully saturated rings. The van der Waals surface area contributed by atoms with Crippen molar-refractivity contribution < 1.29 is 43.8 Å². The smallest absolute Gasteiger partial charge is 0.412 e. The Kier molecular flexibility index (Phi) is 15.5. The van der Waals surface area contributed by atoms with E-state index >= 15 is 0 Å². The summed E-state index contributed by atoms with van der Waals surface area (Å²) >= 11 is 0. The highest BCUT2D eigenvalue weighted by atomic mass is 16.7. The lowest BCUT2D eigenvalue weighted by atomic mass is 9.55. The van der Waals surface area contributed by atoms with Crippen LogP contribution in [0.2, 0.25) is 0 Å². The second-order valence-corrected chi connectivity index (χ2v) is 15.6. The van der Waals surface area contributed by atoms with Gasteiger partial charge < -0.3 is 39.5 Å². The fraction of sp³-hybridized carbons (Fsp3) is 0.426. The van der Waals surface area contributed by atoms with Crippen molar-refractivity contribution in [2.45, 2.75) is 76.2 Å². The van der Waals surface area contributed by atoms with Gasteiger partial charge in [-0.1, -0.05) is 60.5 Å². The molecule has 3 aromatic carbocycles. The van der Waals surface area contributed by atoms with E-state index in [0.29, 0.717) is 42.2 Å². The molecule has 2 aliphatic carbocycles. The predicted molar refractivity (Wildman–Crippen MR) is 231 cm³/mol. The number of carbonyl (C=O) groups excluding carboxylic acids is 2. The molecule has 6 atom stereocenters. The molecule has 0 aromatic heterocycles. The maximum atomic E-state index is 14.3. The first-order valence-corrected chi connectivity index (χ1v) is 21.0. The Hall–Kier alpha value is -5.83. The van der Waals surface area contributed by atoms with Gasteiger partial charge in [0.25, 0.3) is 5.69 Å². The zero-order valence-electron chi connectivity index (χ0n) is 34.8. The average Bonchev–Trinajstić information content (AvgIpc) is 3.26. The number of ether oxygens (including phenoxy) is 3. The summed E-state index contributed by atoms with van der Waals surface area (Å²) in [5.41, 5.74) is 3.80. The number of benzene rings is 3. The first-order valence-electron chi connectivity index (χ1n) is 21.0. The van der Waals surface area contributed by atoms with Crippen LogP contribution >= 0.6 is 0 Å². The quantitative estimate of drug-likeness (QED) is 0.0335. The molecular weight excluding hydrogens is 781 g/mol. The Bertz CT molecular complexity index is 2090. The van der Waals surface area contributed by atoms with Crippen molar-refractivity contribution in [1.82, 2.24) is 10.2 Å². The predicted octanol–water partition coefficient (Wildman–Crippen LogP) is 7.71. The summed E-state index contributed by atoms with van der Waals surface area (Å²) in [4.78, 5) is 45.5. The van der Waals surface area contributed by atoms with Gasteiger partial charge in [0, 0.05) is 62.9 Å². The third-order valence-corrected chi connectivity index (χ3v) is 11.8. The number of hydrogen-bond donors (Lipinski definition) is 3. The molecule has 61 heavy (non-hydrogen) atoms. The molecule has 0 radical (unpaired) electrons. The van der Waals surface area contributed by atoms with Crippen LogP contribution in [0, 0.1) is 27.9 Å². The molecule has 324 valence electrons. The largest absolute Gasteiger partial charge is 0.459 e. The fourth-order valence-corrected chi connectivity index (χ4v) is 8.98. The molecule has 2 amide bonds. The highest BCUT2D eigenvalue weighted by molar-refractivity contribution is 6.03. The lowest BCUT2D eigenvalue weighted by Crippen LogP contribution is -2.69. The lowest BCUT2D eigenvalue weighted by Gasteiger charge is -2.59. The van der Waals surface area contributed by atoms with Gasteiger partial charge in [0.2, 0.25) is 11.7 Å². The SMILES string of the molecule is C=CCOC12Oc3ccc(OC(=O)NCC)cc3C3C(CCCCO)C(CCCCO)C=C(C(=NOCc4ccccc4)CC1N(C)C(=O)C=Cc1ccc([N+](=O)[O-])cc1)C32. The van der Waals surface area contributed by atoms with E-state index in [9.17, 15) is 29.9 Å². The molecule has 3 aromatic rings. The number of aliphatic hydroxyl groups excluding tert-OH is 2. The van der Waals surface area contributed by atoms with E-state index in [-0.39, 0.29) is 62.2 Å². The normalized spacial score (nSPS) is 23.2. The van der Waals surface area contributed by atoms with Gasteiger partial charge in [0.1, 0.15) is 24.1 Å². The summed E-state index contributed by atoms with van der Waals surface area (Å²) in [6.45, 7) is 6.59. The topological polar surface area (TPSA) is 182 Å². The molecule has 1 aliphatic heterocycles. The van der Waals surface area contributed by atoms with Crippen LogP contribution in [0.5, 0.6) is 11.5 Å². The highest BCUT2D eigenvalue weighted by Crippen LogP contribution is 2.61. The third-order valence-electron chi connectivity index (χ3n) is 11.8. The Morgan fingerprint density at radius 1 is 1.05 bits per heavy atom. The van der Waals surface area contributed by atoms with Crippen molar-refractivity contribution in [3.8, 4) is 11.5 Å². The molecule has 0 spiro atoms. The van der Waals surface area contributed by atoms with Crippen LogP contribution in [0.3, 0.4) is 0 Å². The first-order chi connectivity index (χ1) is 29.6. The maximum Gasteiger partial charge on any atom is 0.412 e. The minimum Gasteiger partial charge on any atom is -0.459 e. The summed E-state index contributed by atoms with van der Waals surface area (Å²) in [6.07, 6.45) is 10.8. The number of amides is 2. The number of unbranched alkanes of at least 4 members (excludes halogenated alkanes) is 2. The van der Waals surface area contributed by atoms with Gasteiger partial charge in [-0.2, -0.15) is 0 Å². The molecule has 0 saturated heterocycles. The Labute approximate surface area is 356 Å².